The zero-order chi connectivity index (χ0) is 21.5. The van der Waals surface area contributed by atoms with Crippen molar-refractivity contribution in [2.75, 3.05) is 25.6 Å². The first-order chi connectivity index (χ1) is 15.2. The van der Waals surface area contributed by atoms with Crippen LogP contribution in [0.3, 0.4) is 0 Å². The van der Waals surface area contributed by atoms with Gasteiger partial charge in [0.1, 0.15) is 11.6 Å². The number of fused-ring (bicyclic) bond motifs is 1. The third kappa shape index (κ3) is 5.42. The summed E-state index contributed by atoms with van der Waals surface area (Å²) in [5, 5.41) is 6.48. The molecule has 1 aromatic heterocycles. The van der Waals surface area contributed by atoms with E-state index in [0.29, 0.717) is 43.1 Å². The van der Waals surface area contributed by atoms with Gasteiger partial charge >= 0.3 is 0 Å². The van der Waals surface area contributed by atoms with Crippen LogP contribution in [0.5, 0.6) is 23.1 Å². The van der Waals surface area contributed by atoms with Crippen LogP contribution in [-0.2, 0) is 6.54 Å². The van der Waals surface area contributed by atoms with E-state index in [4.69, 9.17) is 14.2 Å². The van der Waals surface area contributed by atoms with Crippen molar-refractivity contribution >= 4 is 11.6 Å². The van der Waals surface area contributed by atoms with E-state index in [2.05, 4.69) is 20.6 Å². The zero-order valence-corrected chi connectivity index (χ0v) is 17.1. The Kier molecular flexibility index (Phi) is 6.47. The molecule has 2 heterocycles. The summed E-state index contributed by atoms with van der Waals surface area (Å²) in [6.07, 6.45) is 2.48. The molecule has 1 aliphatic rings. The van der Waals surface area contributed by atoms with E-state index in [-0.39, 0.29) is 5.82 Å². The molecular formula is C23H23FN4O3. The van der Waals surface area contributed by atoms with Crippen LogP contribution < -0.4 is 24.8 Å². The van der Waals surface area contributed by atoms with Gasteiger partial charge in [0.05, 0.1) is 13.2 Å². The number of nitrogens with zero attached hydrogens (tertiary/aromatic N) is 2. The predicted octanol–water partition coefficient (Wildman–Crippen LogP) is 4.36. The Morgan fingerprint density at radius 1 is 1.10 bits per heavy atom. The highest BCUT2D eigenvalue weighted by Crippen LogP contribution is 2.32. The fourth-order valence-corrected chi connectivity index (χ4v) is 3.03. The summed E-state index contributed by atoms with van der Waals surface area (Å²) in [6.45, 7) is 1.68. The van der Waals surface area contributed by atoms with Crippen molar-refractivity contribution < 1.29 is 18.6 Å². The van der Waals surface area contributed by atoms with Crippen LogP contribution in [0.4, 0.5) is 10.1 Å². The summed E-state index contributed by atoms with van der Waals surface area (Å²) in [4.78, 5) is 8.54. The number of hydrogen-bond donors (Lipinski definition) is 2. The van der Waals surface area contributed by atoms with Crippen LogP contribution in [0.2, 0.25) is 0 Å². The topological polar surface area (TPSA) is 77.0 Å². The summed E-state index contributed by atoms with van der Waals surface area (Å²) in [5.41, 5.74) is 1.62. The molecule has 4 rings (SSSR count). The second-order valence-corrected chi connectivity index (χ2v) is 6.79. The van der Waals surface area contributed by atoms with Crippen molar-refractivity contribution in [3.05, 3.63) is 72.2 Å². The van der Waals surface area contributed by atoms with Crippen LogP contribution in [0.1, 0.15) is 12.0 Å². The maximum atomic E-state index is 13.5. The molecule has 0 aliphatic carbocycles. The highest BCUT2D eigenvalue weighted by atomic mass is 19.1. The maximum absolute atomic E-state index is 13.5. The molecule has 0 saturated carbocycles. The number of aromatic nitrogens is 1. The minimum Gasteiger partial charge on any atom is -0.490 e. The molecule has 31 heavy (non-hydrogen) atoms. The van der Waals surface area contributed by atoms with Gasteiger partial charge in [0.2, 0.25) is 5.88 Å². The van der Waals surface area contributed by atoms with Gasteiger partial charge in [0, 0.05) is 49.6 Å². The largest absolute Gasteiger partial charge is 0.490 e. The van der Waals surface area contributed by atoms with E-state index in [1.54, 1.807) is 25.4 Å². The smallest absolute Gasteiger partial charge is 0.224 e. The standard InChI is InChI=1S/C23H23FN4O3/c1-25-23(28-18-8-9-20-21(14-18)30-12-4-11-29-20)27-15-16-5-3-10-26-22(16)31-19-7-2-6-17(24)13-19/h2-3,5-10,13-14H,4,11-12,15H2,1H3,(H2,25,27,28). The number of ether oxygens (including phenoxy) is 3. The molecule has 7 nitrogen and oxygen atoms in total. The number of guanidine groups is 1. The molecule has 2 aromatic carbocycles. The Morgan fingerprint density at radius 2 is 1.97 bits per heavy atom. The van der Waals surface area contributed by atoms with E-state index in [1.165, 1.54) is 12.1 Å². The van der Waals surface area contributed by atoms with Crippen molar-refractivity contribution in [3.8, 4) is 23.1 Å². The molecule has 2 N–H and O–H groups in total. The monoisotopic (exact) mass is 422 g/mol. The Hall–Kier alpha value is -3.81. The van der Waals surface area contributed by atoms with E-state index in [1.807, 2.05) is 30.3 Å². The minimum absolute atomic E-state index is 0.368. The van der Waals surface area contributed by atoms with Gasteiger partial charge in [-0.15, -0.1) is 0 Å². The Morgan fingerprint density at radius 3 is 2.81 bits per heavy atom. The Balaban J connectivity index is 1.42. The average molecular weight is 422 g/mol. The molecule has 0 atom stereocenters. The number of halogens is 1. The average Bonchev–Trinajstić information content (AvgIpc) is 3.02. The maximum Gasteiger partial charge on any atom is 0.224 e. The molecular weight excluding hydrogens is 399 g/mol. The molecule has 3 aromatic rings. The number of anilines is 1. The molecule has 0 bridgehead atoms. The van der Waals surface area contributed by atoms with Gasteiger partial charge in [0.25, 0.3) is 0 Å². The molecule has 0 amide bonds. The summed E-state index contributed by atoms with van der Waals surface area (Å²) < 4.78 is 30.6. The van der Waals surface area contributed by atoms with Crippen LogP contribution >= 0.6 is 0 Å². The van der Waals surface area contributed by atoms with Crippen molar-refractivity contribution in [3.63, 3.8) is 0 Å². The highest BCUT2D eigenvalue weighted by molar-refractivity contribution is 5.93. The van der Waals surface area contributed by atoms with Gasteiger partial charge in [-0.1, -0.05) is 12.1 Å². The van der Waals surface area contributed by atoms with Gasteiger partial charge < -0.3 is 24.8 Å². The van der Waals surface area contributed by atoms with Crippen LogP contribution in [0, 0.1) is 5.82 Å². The third-order valence-electron chi connectivity index (χ3n) is 4.54. The molecule has 160 valence electrons. The first-order valence-electron chi connectivity index (χ1n) is 9.96. The SMILES string of the molecule is CN=C(NCc1cccnc1Oc1cccc(F)c1)Nc1ccc2c(c1)OCCCO2. The Bertz CT molecular complexity index is 1070. The lowest BCUT2D eigenvalue weighted by Gasteiger charge is -2.15. The quantitative estimate of drug-likeness (QED) is 0.470. The number of pyridine rings is 1. The summed E-state index contributed by atoms with van der Waals surface area (Å²) in [6, 6.07) is 15.3. The molecule has 0 unspecified atom stereocenters. The highest BCUT2D eigenvalue weighted by Gasteiger charge is 2.12. The summed E-state index contributed by atoms with van der Waals surface area (Å²) >= 11 is 0. The molecule has 1 aliphatic heterocycles. The van der Waals surface area contributed by atoms with Crippen LogP contribution in [-0.4, -0.2) is 31.2 Å². The van der Waals surface area contributed by atoms with Crippen LogP contribution in [0.15, 0.2) is 65.8 Å². The van der Waals surface area contributed by atoms with E-state index in [9.17, 15) is 4.39 Å². The van der Waals surface area contributed by atoms with E-state index >= 15 is 0 Å². The van der Waals surface area contributed by atoms with Crippen molar-refractivity contribution in [2.24, 2.45) is 4.99 Å². The van der Waals surface area contributed by atoms with Crippen molar-refractivity contribution in [1.82, 2.24) is 10.3 Å². The van der Waals surface area contributed by atoms with E-state index < -0.39 is 0 Å². The van der Waals surface area contributed by atoms with Crippen molar-refractivity contribution in [1.29, 1.82) is 0 Å². The summed E-state index contributed by atoms with van der Waals surface area (Å²) in [5.74, 6) is 2.42. The molecule has 8 heteroatoms. The van der Waals surface area contributed by atoms with Crippen molar-refractivity contribution in [2.45, 2.75) is 13.0 Å². The van der Waals surface area contributed by atoms with Gasteiger partial charge in [-0.2, -0.15) is 0 Å². The number of nitrogens with one attached hydrogen (secondary N) is 2. The van der Waals surface area contributed by atoms with Gasteiger partial charge in [-0.05, 0) is 30.3 Å². The Labute approximate surface area is 179 Å². The number of aliphatic imine (C=N–C) groups is 1. The summed E-state index contributed by atoms with van der Waals surface area (Å²) in [7, 11) is 1.69. The third-order valence-corrected chi connectivity index (χ3v) is 4.54. The lowest BCUT2D eigenvalue weighted by atomic mass is 10.2. The second kappa shape index (κ2) is 9.80. The molecule has 0 saturated heterocycles. The molecule has 0 radical (unpaired) electrons. The first kappa shape index (κ1) is 20.5. The second-order valence-electron chi connectivity index (χ2n) is 6.79. The number of rotatable bonds is 5. The first-order valence-corrected chi connectivity index (χ1v) is 9.96. The fourth-order valence-electron chi connectivity index (χ4n) is 3.03. The van der Waals surface area contributed by atoms with E-state index in [0.717, 1.165) is 23.4 Å². The van der Waals surface area contributed by atoms with Gasteiger partial charge in [0.15, 0.2) is 17.5 Å². The predicted molar refractivity (Wildman–Crippen MR) is 117 cm³/mol. The van der Waals surface area contributed by atoms with Crippen LogP contribution in [0.25, 0.3) is 0 Å². The number of hydrogen-bond acceptors (Lipinski definition) is 5. The van der Waals surface area contributed by atoms with Gasteiger partial charge in [-0.3, -0.25) is 4.99 Å². The number of benzene rings is 2. The lowest BCUT2D eigenvalue weighted by Crippen LogP contribution is -2.30. The molecule has 0 fully saturated rings. The normalized spacial score (nSPS) is 13.3. The lowest BCUT2D eigenvalue weighted by molar-refractivity contribution is 0.297. The minimum atomic E-state index is -0.368. The zero-order valence-electron chi connectivity index (χ0n) is 17.1. The molecule has 0 spiro atoms. The van der Waals surface area contributed by atoms with Gasteiger partial charge in [-0.25, -0.2) is 9.37 Å². The fraction of sp³-hybridized carbons (Fsp3) is 0.217.